The van der Waals surface area contributed by atoms with Crippen molar-refractivity contribution in [2.24, 2.45) is 0 Å². The highest BCUT2D eigenvalue weighted by atomic mass is 79.9. The van der Waals surface area contributed by atoms with Gasteiger partial charge in [-0.2, -0.15) is 0 Å². The molecule has 0 bridgehead atoms. The van der Waals surface area contributed by atoms with Crippen LogP contribution in [-0.4, -0.2) is 14.3 Å². The Labute approximate surface area is 131 Å². The monoisotopic (exact) mass is 368 g/mol. The van der Waals surface area contributed by atoms with Gasteiger partial charge in [0.1, 0.15) is 0 Å². The van der Waals surface area contributed by atoms with Gasteiger partial charge in [0.15, 0.2) is 0 Å². The average molecular weight is 369 g/mol. The number of hydrogen-bond acceptors (Lipinski definition) is 3. The second-order valence-electron chi connectivity index (χ2n) is 4.29. The maximum absolute atomic E-state index is 12.3. The van der Waals surface area contributed by atoms with E-state index in [0.29, 0.717) is 15.8 Å². The molecule has 0 aliphatic rings. The molecule has 0 aromatic heterocycles. The lowest BCUT2D eigenvalue weighted by atomic mass is 10.3. The third kappa shape index (κ3) is 4.05. The Balaban J connectivity index is 2.24. The van der Waals surface area contributed by atoms with Crippen LogP contribution in [0.25, 0.3) is 0 Å². The van der Waals surface area contributed by atoms with E-state index in [2.05, 4.69) is 26.0 Å². The number of hydrogen-bond donors (Lipinski definition) is 2. The normalized spacial score (nSPS) is 11.0. The van der Waals surface area contributed by atoms with Crippen molar-refractivity contribution >= 4 is 43.2 Å². The molecule has 0 radical (unpaired) electrons. The molecule has 0 aliphatic carbocycles. The maximum atomic E-state index is 12.3. The van der Waals surface area contributed by atoms with Gasteiger partial charge in [-0.3, -0.25) is 9.52 Å². The molecule has 0 saturated carbocycles. The van der Waals surface area contributed by atoms with Crippen LogP contribution in [0.1, 0.15) is 6.92 Å². The van der Waals surface area contributed by atoms with Gasteiger partial charge in [-0.05, 0) is 52.3 Å². The fourth-order valence-corrected chi connectivity index (χ4v) is 3.26. The Morgan fingerprint density at radius 2 is 1.67 bits per heavy atom. The molecule has 21 heavy (non-hydrogen) atoms. The lowest BCUT2D eigenvalue weighted by Gasteiger charge is -2.10. The summed E-state index contributed by atoms with van der Waals surface area (Å²) in [7, 11) is -3.67. The Morgan fingerprint density at radius 3 is 2.24 bits per heavy atom. The Hall–Kier alpha value is -1.86. The third-order valence-electron chi connectivity index (χ3n) is 2.60. The molecule has 0 heterocycles. The van der Waals surface area contributed by atoms with E-state index in [4.69, 9.17) is 0 Å². The van der Waals surface area contributed by atoms with Crippen LogP contribution in [0.5, 0.6) is 0 Å². The SMILES string of the molecule is CC(=O)Nc1ccc(S(=O)(=O)Nc2ccccc2Br)cc1. The van der Waals surface area contributed by atoms with Crippen molar-refractivity contribution in [2.45, 2.75) is 11.8 Å². The van der Waals surface area contributed by atoms with Crippen molar-refractivity contribution in [1.29, 1.82) is 0 Å². The molecule has 0 atom stereocenters. The van der Waals surface area contributed by atoms with Crippen molar-refractivity contribution in [1.82, 2.24) is 0 Å². The number of carbonyl (C=O) groups excluding carboxylic acids is 1. The van der Waals surface area contributed by atoms with E-state index in [-0.39, 0.29) is 10.8 Å². The van der Waals surface area contributed by atoms with E-state index in [1.165, 1.54) is 31.2 Å². The Kier molecular flexibility index (Phi) is 4.64. The van der Waals surface area contributed by atoms with Crippen LogP contribution >= 0.6 is 15.9 Å². The molecule has 0 saturated heterocycles. The van der Waals surface area contributed by atoms with Crippen LogP contribution < -0.4 is 10.0 Å². The molecule has 2 rings (SSSR count). The van der Waals surface area contributed by atoms with Gasteiger partial charge in [-0.25, -0.2) is 8.42 Å². The summed E-state index contributed by atoms with van der Waals surface area (Å²) >= 11 is 3.29. The number of amides is 1. The van der Waals surface area contributed by atoms with Gasteiger partial charge in [0.25, 0.3) is 10.0 Å². The summed E-state index contributed by atoms with van der Waals surface area (Å²) in [5.41, 5.74) is 1.01. The first-order valence-electron chi connectivity index (χ1n) is 6.03. The van der Waals surface area contributed by atoms with Crippen molar-refractivity contribution < 1.29 is 13.2 Å². The summed E-state index contributed by atoms with van der Waals surface area (Å²) in [6.45, 7) is 1.39. The lowest BCUT2D eigenvalue weighted by molar-refractivity contribution is -0.114. The number of anilines is 2. The maximum Gasteiger partial charge on any atom is 0.261 e. The van der Waals surface area contributed by atoms with Gasteiger partial charge in [-0.1, -0.05) is 12.1 Å². The molecule has 0 spiro atoms. The predicted octanol–water partition coefficient (Wildman–Crippen LogP) is 3.21. The van der Waals surface area contributed by atoms with Crippen LogP contribution in [-0.2, 0) is 14.8 Å². The smallest absolute Gasteiger partial charge is 0.261 e. The summed E-state index contributed by atoms with van der Waals surface area (Å²) in [6.07, 6.45) is 0. The van der Waals surface area contributed by atoms with Crippen molar-refractivity contribution in [3.63, 3.8) is 0 Å². The van der Waals surface area contributed by atoms with Crippen LogP contribution in [0.3, 0.4) is 0 Å². The number of halogens is 1. The first-order valence-corrected chi connectivity index (χ1v) is 8.31. The zero-order valence-electron chi connectivity index (χ0n) is 11.1. The van der Waals surface area contributed by atoms with E-state index in [9.17, 15) is 13.2 Å². The number of sulfonamides is 1. The number of carbonyl (C=O) groups is 1. The number of benzene rings is 2. The number of rotatable bonds is 4. The molecule has 5 nitrogen and oxygen atoms in total. The minimum absolute atomic E-state index is 0.118. The Bertz CT molecular complexity index is 758. The summed E-state index contributed by atoms with van der Waals surface area (Å²) in [5, 5.41) is 2.58. The van der Waals surface area contributed by atoms with E-state index in [1.54, 1.807) is 24.3 Å². The summed E-state index contributed by atoms with van der Waals surface area (Å²) in [4.78, 5) is 11.0. The molecule has 2 aromatic carbocycles. The average Bonchev–Trinajstić information content (AvgIpc) is 2.41. The third-order valence-corrected chi connectivity index (χ3v) is 4.68. The molecular formula is C14H13BrN2O3S. The van der Waals surface area contributed by atoms with Crippen LogP contribution in [0.4, 0.5) is 11.4 Å². The van der Waals surface area contributed by atoms with Gasteiger partial charge in [0, 0.05) is 17.1 Å². The van der Waals surface area contributed by atoms with Crippen molar-refractivity contribution in [3.05, 3.63) is 53.0 Å². The van der Waals surface area contributed by atoms with E-state index >= 15 is 0 Å². The molecule has 0 fully saturated rings. The minimum atomic E-state index is -3.67. The summed E-state index contributed by atoms with van der Waals surface area (Å²) < 4.78 is 27.7. The summed E-state index contributed by atoms with van der Waals surface area (Å²) in [6, 6.07) is 12.9. The van der Waals surface area contributed by atoms with Crippen LogP contribution in [0, 0.1) is 0 Å². The quantitative estimate of drug-likeness (QED) is 0.869. The van der Waals surface area contributed by atoms with Crippen LogP contribution in [0.2, 0.25) is 0 Å². The van der Waals surface area contributed by atoms with Crippen LogP contribution in [0.15, 0.2) is 57.9 Å². The number of nitrogens with one attached hydrogen (secondary N) is 2. The zero-order chi connectivity index (χ0) is 15.5. The highest BCUT2D eigenvalue weighted by Gasteiger charge is 2.15. The van der Waals surface area contributed by atoms with Crippen molar-refractivity contribution in [2.75, 3.05) is 10.0 Å². The first-order chi connectivity index (χ1) is 9.88. The Morgan fingerprint density at radius 1 is 1.05 bits per heavy atom. The summed E-state index contributed by atoms with van der Waals surface area (Å²) in [5.74, 6) is -0.211. The molecular weight excluding hydrogens is 356 g/mol. The fourth-order valence-electron chi connectivity index (χ4n) is 1.67. The van der Waals surface area contributed by atoms with Gasteiger partial charge in [-0.15, -0.1) is 0 Å². The van der Waals surface area contributed by atoms with E-state index in [1.807, 2.05) is 0 Å². The van der Waals surface area contributed by atoms with E-state index in [0.717, 1.165) is 0 Å². The highest BCUT2D eigenvalue weighted by Crippen LogP contribution is 2.24. The molecule has 0 unspecified atom stereocenters. The molecule has 110 valence electrons. The van der Waals surface area contributed by atoms with Gasteiger partial charge in [0.05, 0.1) is 10.6 Å². The van der Waals surface area contributed by atoms with Gasteiger partial charge >= 0.3 is 0 Å². The predicted molar refractivity (Wildman–Crippen MR) is 85.7 cm³/mol. The zero-order valence-corrected chi connectivity index (χ0v) is 13.5. The molecule has 2 N–H and O–H groups in total. The molecule has 0 aliphatic heterocycles. The highest BCUT2D eigenvalue weighted by molar-refractivity contribution is 9.10. The lowest BCUT2D eigenvalue weighted by Crippen LogP contribution is -2.13. The molecule has 7 heteroatoms. The second kappa shape index (κ2) is 6.28. The number of para-hydroxylation sites is 1. The standard InChI is InChI=1S/C14H13BrN2O3S/c1-10(18)16-11-6-8-12(9-7-11)21(19,20)17-14-5-3-2-4-13(14)15/h2-9,17H,1H3,(H,16,18). The second-order valence-corrected chi connectivity index (χ2v) is 6.83. The fraction of sp³-hybridized carbons (Fsp3) is 0.0714. The largest absolute Gasteiger partial charge is 0.326 e. The first kappa shape index (κ1) is 15.5. The van der Waals surface area contributed by atoms with Gasteiger partial charge in [0.2, 0.25) is 5.91 Å². The van der Waals surface area contributed by atoms with Gasteiger partial charge < -0.3 is 5.32 Å². The minimum Gasteiger partial charge on any atom is -0.326 e. The van der Waals surface area contributed by atoms with E-state index < -0.39 is 10.0 Å². The molecule has 1 amide bonds. The topological polar surface area (TPSA) is 75.3 Å². The van der Waals surface area contributed by atoms with Crippen molar-refractivity contribution in [3.8, 4) is 0 Å². The molecule has 2 aromatic rings.